The molecule has 0 saturated carbocycles. The molecule has 1 unspecified atom stereocenters. The Balaban J connectivity index is 2.68. The van der Waals surface area contributed by atoms with Gasteiger partial charge in [-0.05, 0) is 12.0 Å². The van der Waals surface area contributed by atoms with Crippen molar-refractivity contribution in [2.75, 3.05) is 0 Å². The largest absolute Gasteiger partial charge is 0.409 e. The van der Waals surface area contributed by atoms with Crippen LogP contribution >= 0.6 is 0 Å². The molecule has 0 aliphatic carbocycles. The monoisotopic (exact) mass is 252 g/mol. The summed E-state index contributed by atoms with van der Waals surface area (Å²) in [6.45, 7) is 2.31. The highest BCUT2D eigenvalue weighted by Gasteiger charge is 2.11. The average Bonchev–Trinajstić information content (AvgIpc) is 2.39. The van der Waals surface area contributed by atoms with Crippen molar-refractivity contribution in [1.29, 1.82) is 0 Å². The second kappa shape index (κ2) is 6.55. The number of hydrogen-bond donors (Lipinski definition) is 3. The first-order valence-corrected chi connectivity index (χ1v) is 5.52. The van der Waals surface area contributed by atoms with Gasteiger partial charge in [-0.2, -0.15) is 0 Å². The summed E-state index contributed by atoms with van der Waals surface area (Å²) in [7, 11) is 0. The lowest BCUT2D eigenvalue weighted by molar-refractivity contribution is -0.384. The number of amidine groups is 1. The molecule has 0 spiro atoms. The molecule has 0 amide bonds. The van der Waals surface area contributed by atoms with E-state index in [1.165, 1.54) is 12.1 Å². The van der Waals surface area contributed by atoms with Gasteiger partial charge >= 0.3 is 0 Å². The molecule has 0 aromatic heterocycles. The van der Waals surface area contributed by atoms with Crippen molar-refractivity contribution >= 4 is 11.5 Å². The third kappa shape index (κ3) is 3.70. The van der Waals surface area contributed by atoms with E-state index < -0.39 is 4.92 Å². The first-order chi connectivity index (χ1) is 8.58. The molecule has 1 rings (SSSR count). The predicted octanol–water partition coefficient (Wildman–Crippen LogP) is 1.21. The number of oxime groups is 1. The predicted molar refractivity (Wildman–Crippen MR) is 67.4 cm³/mol. The van der Waals surface area contributed by atoms with Crippen LogP contribution in [-0.2, 0) is 6.54 Å². The van der Waals surface area contributed by atoms with E-state index in [4.69, 9.17) is 10.9 Å². The van der Waals surface area contributed by atoms with Crippen LogP contribution < -0.4 is 11.1 Å². The van der Waals surface area contributed by atoms with Gasteiger partial charge in [-0.1, -0.05) is 24.2 Å². The third-order valence-corrected chi connectivity index (χ3v) is 2.55. The summed E-state index contributed by atoms with van der Waals surface area (Å²) in [6.07, 6.45) is 0.658. The molecule has 0 saturated heterocycles. The van der Waals surface area contributed by atoms with E-state index >= 15 is 0 Å². The molecule has 0 fully saturated rings. The van der Waals surface area contributed by atoms with Crippen LogP contribution in [0.5, 0.6) is 0 Å². The number of nitro benzene ring substituents is 1. The summed E-state index contributed by atoms with van der Waals surface area (Å²) < 4.78 is 0. The van der Waals surface area contributed by atoms with E-state index in [1.807, 2.05) is 6.92 Å². The summed E-state index contributed by atoms with van der Waals surface area (Å²) in [5.74, 6) is 0.0999. The highest BCUT2D eigenvalue weighted by atomic mass is 16.6. The van der Waals surface area contributed by atoms with Crippen LogP contribution in [0.2, 0.25) is 0 Å². The van der Waals surface area contributed by atoms with Crippen molar-refractivity contribution < 1.29 is 10.1 Å². The number of nitro groups is 1. The molecule has 98 valence electrons. The Morgan fingerprint density at radius 2 is 2.39 bits per heavy atom. The first-order valence-electron chi connectivity index (χ1n) is 5.52. The Bertz CT molecular complexity index is 448. The minimum absolute atomic E-state index is 0.0474. The van der Waals surface area contributed by atoms with Crippen LogP contribution in [0.3, 0.4) is 0 Å². The van der Waals surface area contributed by atoms with Crippen LogP contribution in [0.25, 0.3) is 0 Å². The van der Waals surface area contributed by atoms with Crippen LogP contribution in [0.4, 0.5) is 5.69 Å². The average molecular weight is 252 g/mol. The molecule has 0 bridgehead atoms. The third-order valence-electron chi connectivity index (χ3n) is 2.55. The Hall–Kier alpha value is -2.15. The minimum Gasteiger partial charge on any atom is -0.409 e. The van der Waals surface area contributed by atoms with Crippen LogP contribution in [0.1, 0.15) is 18.9 Å². The van der Waals surface area contributed by atoms with Gasteiger partial charge in [0.05, 0.1) is 11.0 Å². The van der Waals surface area contributed by atoms with E-state index in [-0.39, 0.29) is 17.6 Å². The zero-order valence-corrected chi connectivity index (χ0v) is 10.0. The second-order valence-electron chi connectivity index (χ2n) is 3.79. The molecule has 18 heavy (non-hydrogen) atoms. The van der Waals surface area contributed by atoms with Gasteiger partial charge in [0.15, 0.2) is 5.84 Å². The van der Waals surface area contributed by atoms with Crippen molar-refractivity contribution in [3.63, 3.8) is 0 Å². The van der Waals surface area contributed by atoms with Crippen LogP contribution in [0.15, 0.2) is 29.4 Å². The van der Waals surface area contributed by atoms with Gasteiger partial charge in [0.25, 0.3) is 5.69 Å². The van der Waals surface area contributed by atoms with E-state index in [9.17, 15) is 10.1 Å². The smallest absolute Gasteiger partial charge is 0.269 e. The van der Waals surface area contributed by atoms with Crippen molar-refractivity contribution in [2.45, 2.75) is 25.9 Å². The summed E-state index contributed by atoms with van der Waals surface area (Å²) in [6, 6.07) is 6.07. The number of rotatable bonds is 6. The van der Waals surface area contributed by atoms with Gasteiger partial charge in [0.1, 0.15) is 0 Å². The standard InChI is InChI=1S/C11H16N4O3/c1-2-10(11(12)14-16)13-7-8-4-3-5-9(6-8)15(17)18/h3-6,10,13,16H,2,7H2,1H3,(H2,12,14). The molecule has 1 atom stereocenters. The van der Waals surface area contributed by atoms with Crippen LogP contribution in [-0.4, -0.2) is 22.0 Å². The lowest BCUT2D eigenvalue weighted by Gasteiger charge is -2.15. The number of nitrogens with zero attached hydrogens (tertiary/aromatic N) is 2. The normalized spacial score (nSPS) is 13.3. The fourth-order valence-corrected chi connectivity index (χ4v) is 1.55. The van der Waals surface area contributed by atoms with E-state index in [0.29, 0.717) is 13.0 Å². The lowest BCUT2D eigenvalue weighted by Crippen LogP contribution is -2.40. The van der Waals surface area contributed by atoms with Gasteiger partial charge in [-0.15, -0.1) is 0 Å². The molecular formula is C11H16N4O3. The molecular weight excluding hydrogens is 236 g/mol. The number of nitrogens with one attached hydrogen (secondary N) is 1. The quantitative estimate of drug-likeness (QED) is 0.231. The highest BCUT2D eigenvalue weighted by Crippen LogP contribution is 2.13. The number of nitrogens with two attached hydrogens (primary N) is 1. The summed E-state index contributed by atoms with van der Waals surface area (Å²) in [4.78, 5) is 10.2. The van der Waals surface area contributed by atoms with E-state index in [1.54, 1.807) is 12.1 Å². The van der Waals surface area contributed by atoms with Crippen molar-refractivity contribution in [3.8, 4) is 0 Å². The number of hydrogen-bond acceptors (Lipinski definition) is 5. The van der Waals surface area contributed by atoms with Crippen LogP contribution in [0, 0.1) is 10.1 Å². The molecule has 0 radical (unpaired) electrons. The fraction of sp³-hybridized carbons (Fsp3) is 0.364. The summed E-state index contributed by atoms with van der Waals surface area (Å²) in [5.41, 5.74) is 6.32. The summed E-state index contributed by atoms with van der Waals surface area (Å²) >= 11 is 0. The van der Waals surface area contributed by atoms with Gasteiger partial charge in [0, 0.05) is 18.7 Å². The van der Waals surface area contributed by atoms with Gasteiger partial charge in [-0.3, -0.25) is 10.1 Å². The molecule has 0 aliphatic heterocycles. The molecule has 1 aromatic carbocycles. The maximum Gasteiger partial charge on any atom is 0.269 e. The SMILES string of the molecule is CCC(NCc1cccc([N+](=O)[O-])c1)C(N)=NO. The highest BCUT2D eigenvalue weighted by molar-refractivity contribution is 5.85. The van der Waals surface area contributed by atoms with E-state index in [0.717, 1.165) is 5.56 Å². The zero-order valence-electron chi connectivity index (χ0n) is 10.0. The zero-order chi connectivity index (χ0) is 13.5. The van der Waals surface area contributed by atoms with Gasteiger partial charge < -0.3 is 16.3 Å². The van der Waals surface area contributed by atoms with Gasteiger partial charge in [0.2, 0.25) is 0 Å². The number of benzene rings is 1. The Labute approximate surface area is 104 Å². The minimum atomic E-state index is -0.440. The molecule has 4 N–H and O–H groups in total. The van der Waals surface area contributed by atoms with E-state index in [2.05, 4.69) is 10.5 Å². The number of non-ortho nitro benzene ring substituents is 1. The molecule has 7 nitrogen and oxygen atoms in total. The van der Waals surface area contributed by atoms with Crippen molar-refractivity contribution in [2.24, 2.45) is 10.9 Å². The maximum absolute atomic E-state index is 10.6. The lowest BCUT2D eigenvalue weighted by atomic mass is 10.1. The van der Waals surface area contributed by atoms with Crippen molar-refractivity contribution in [1.82, 2.24) is 5.32 Å². The Morgan fingerprint density at radius 3 is 2.94 bits per heavy atom. The topological polar surface area (TPSA) is 114 Å². The fourth-order valence-electron chi connectivity index (χ4n) is 1.55. The molecule has 0 aliphatic rings. The van der Waals surface area contributed by atoms with Crippen molar-refractivity contribution in [3.05, 3.63) is 39.9 Å². The molecule has 0 heterocycles. The van der Waals surface area contributed by atoms with Gasteiger partial charge in [-0.25, -0.2) is 0 Å². The second-order valence-corrected chi connectivity index (χ2v) is 3.79. The maximum atomic E-state index is 10.6. The first kappa shape index (κ1) is 13.9. The molecule has 1 aromatic rings. The molecule has 7 heteroatoms. The summed E-state index contributed by atoms with van der Waals surface area (Å²) in [5, 5.41) is 25.2. The Morgan fingerprint density at radius 1 is 1.67 bits per heavy atom. The Kier molecular flexibility index (Phi) is 5.06.